The van der Waals surface area contributed by atoms with E-state index in [2.05, 4.69) is 25.3 Å². The first-order chi connectivity index (χ1) is 7.77. The van der Waals surface area contributed by atoms with Crippen LogP contribution in [-0.4, -0.2) is 32.3 Å². The van der Waals surface area contributed by atoms with Gasteiger partial charge >= 0.3 is 0 Å². The van der Waals surface area contributed by atoms with Gasteiger partial charge in [0.25, 0.3) is 0 Å². The minimum absolute atomic E-state index is 0.0242. The molecule has 16 heavy (non-hydrogen) atoms. The van der Waals surface area contributed by atoms with Crippen molar-refractivity contribution in [3.8, 4) is 0 Å². The van der Waals surface area contributed by atoms with E-state index in [1.807, 2.05) is 0 Å². The molecule has 0 fully saturated rings. The van der Waals surface area contributed by atoms with Crippen LogP contribution in [0, 0.1) is 0 Å². The summed E-state index contributed by atoms with van der Waals surface area (Å²) in [6.45, 7) is 2.04. The standard InChI is InChI=1S/C10H11N5O/c1-7(16)3-2-4-11-9-8-10(13-5-12-8)15-6-14-9/h2-3,5-6H,4H2,1H3,(H2,11,12,13,14,15)/b3-2-. The number of carbonyl (C=O) groups is 1. The van der Waals surface area contributed by atoms with Crippen LogP contribution in [0.3, 0.4) is 0 Å². The average Bonchev–Trinajstić information content (AvgIpc) is 2.72. The molecule has 0 atom stereocenters. The number of H-pyrrole nitrogens is 1. The molecule has 2 heterocycles. The highest BCUT2D eigenvalue weighted by atomic mass is 16.1. The molecule has 82 valence electrons. The van der Waals surface area contributed by atoms with E-state index in [-0.39, 0.29) is 5.78 Å². The number of hydrogen-bond donors (Lipinski definition) is 2. The summed E-state index contributed by atoms with van der Waals surface area (Å²) in [5.41, 5.74) is 1.38. The maximum atomic E-state index is 10.7. The molecule has 0 amide bonds. The van der Waals surface area contributed by atoms with Gasteiger partial charge in [0.15, 0.2) is 17.2 Å². The van der Waals surface area contributed by atoms with Gasteiger partial charge in [-0.05, 0) is 13.0 Å². The Hall–Kier alpha value is -2.24. The van der Waals surface area contributed by atoms with Crippen molar-refractivity contribution in [3.63, 3.8) is 0 Å². The molecule has 0 aliphatic heterocycles. The fourth-order valence-electron chi connectivity index (χ4n) is 1.28. The Morgan fingerprint density at radius 1 is 1.50 bits per heavy atom. The van der Waals surface area contributed by atoms with Crippen LogP contribution >= 0.6 is 0 Å². The Balaban J connectivity index is 2.09. The number of ketones is 1. The number of fused-ring (bicyclic) bond motifs is 1. The van der Waals surface area contributed by atoms with Crippen LogP contribution < -0.4 is 5.32 Å². The van der Waals surface area contributed by atoms with Crippen LogP contribution in [0.25, 0.3) is 11.2 Å². The second-order valence-electron chi connectivity index (χ2n) is 3.22. The Bertz CT molecular complexity index is 531. The molecule has 2 aromatic rings. The number of nitrogens with zero attached hydrogens (tertiary/aromatic N) is 3. The number of aromatic amines is 1. The summed E-state index contributed by atoms with van der Waals surface area (Å²) in [5, 5.41) is 3.07. The third kappa shape index (κ3) is 2.22. The highest BCUT2D eigenvalue weighted by molar-refractivity contribution is 5.87. The van der Waals surface area contributed by atoms with Crippen LogP contribution in [0.5, 0.6) is 0 Å². The third-order valence-corrected chi connectivity index (χ3v) is 1.96. The molecule has 2 rings (SSSR count). The first-order valence-electron chi connectivity index (χ1n) is 4.82. The number of imidazole rings is 1. The third-order valence-electron chi connectivity index (χ3n) is 1.96. The van der Waals surface area contributed by atoms with Gasteiger partial charge in [0.1, 0.15) is 11.8 Å². The lowest BCUT2D eigenvalue weighted by molar-refractivity contribution is -0.112. The zero-order valence-electron chi connectivity index (χ0n) is 8.77. The molecule has 0 saturated carbocycles. The summed E-state index contributed by atoms with van der Waals surface area (Å²) >= 11 is 0. The van der Waals surface area contributed by atoms with E-state index in [0.717, 1.165) is 5.52 Å². The topological polar surface area (TPSA) is 83.6 Å². The number of anilines is 1. The molecule has 0 radical (unpaired) electrons. The smallest absolute Gasteiger partial charge is 0.182 e. The summed E-state index contributed by atoms with van der Waals surface area (Å²) < 4.78 is 0. The monoisotopic (exact) mass is 217 g/mol. The average molecular weight is 217 g/mol. The highest BCUT2D eigenvalue weighted by Crippen LogP contribution is 2.13. The minimum atomic E-state index is 0.0242. The summed E-state index contributed by atoms with van der Waals surface area (Å²) in [6.07, 6.45) is 6.26. The van der Waals surface area contributed by atoms with Gasteiger partial charge in [-0.3, -0.25) is 4.79 Å². The van der Waals surface area contributed by atoms with E-state index in [0.29, 0.717) is 18.0 Å². The van der Waals surface area contributed by atoms with Crippen LogP contribution in [0.2, 0.25) is 0 Å². The zero-order chi connectivity index (χ0) is 11.4. The Morgan fingerprint density at radius 2 is 2.38 bits per heavy atom. The van der Waals surface area contributed by atoms with Crippen molar-refractivity contribution in [3.05, 3.63) is 24.8 Å². The second kappa shape index (κ2) is 4.52. The molecule has 0 aliphatic carbocycles. The van der Waals surface area contributed by atoms with Gasteiger partial charge in [-0.25, -0.2) is 15.0 Å². The van der Waals surface area contributed by atoms with E-state index in [1.165, 1.54) is 19.3 Å². The van der Waals surface area contributed by atoms with Gasteiger partial charge in [0.05, 0.1) is 6.33 Å². The first-order valence-corrected chi connectivity index (χ1v) is 4.82. The van der Waals surface area contributed by atoms with E-state index in [4.69, 9.17) is 0 Å². The maximum absolute atomic E-state index is 10.7. The molecule has 0 aromatic carbocycles. The van der Waals surface area contributed by atoms with Crippen LogP contribution in [0.4, 0.5) is 5.82 Å². The molecular weight excluding hydrogens is 206 g/mol. The predicted octanol–water partition coefficient (Wildman–Crippen LogP) is 0.910. The Labute approximate surface area is 91.8 Å². The van der Waals surface area contributed by atoms with Gasteiger partial charge in [-0.15, -0.1) is 0 Å². The SMILES string of the molecule is CC(=O)/C=C\CNc1ncnc2nc[nH]c12. The van der Waals surface area contributed by atoms with Crippen LogP contribution in [-0.2, 0) is 4.79 Å². The number of rotatable bonds is 4. The molecule has 6 nitrogen and oxygen atoms in total. The lowest BCUT2D eigenvalue weighted by atomic mass is 10.4. The fraction of sp³-hybridized carbons (Fsp3) is 0.200. The second-order valence-corrected chi connectivity index (χ2v) is 3.22. The fourth-order valence-corrected chi connectivity index (χ4v) is 1.28. The Kier molecular flexibility index (Phi) is 2.90. The van der Waals surface area contributed by atoms with Crippen molar-refractivity contribution in [2.45, 2.75) is 6.92 Å². The first kappa shape index (κ1) is 10.3. The van der Waals surface area contributed by atoms with E-state index in [1.54, 1.807) is 12.4 Å². The van der Waals surface area contributed by atoms with Crippen molar-refractivity contribution in [1.82, 2.24) is 19.9 Å². The van der Waals surface area contributed by atoms with Crippen LogP contribution in [0.15, 0.2) is 24.8 Å². The highest BCUT2D eigenvalue weighted by Gasteiger charge is 2.03. The molecule has 0 bridgehead atoms. The maximum Gasteiger partial charge on any atom is 0.182 e. The van der Waals surface area contributed by atoms with E-state index >= 15 is 0 Å². The molecule has 0 aliphatic rings. The van der Waals surface area contributed by atoms with Crippen molar-refractivity contribution in [2.24, 2.45) is 0 Å². The van der Waals surface area contributed by atoms with Gasteiger partial charge < -0.3 is 10.3 Å². The summed E-state index contributed by atoms with van der Waals surface area (Å²) in [5.74, 6) is 0.701. The number of aromatic nitrogens is 4. The largest absolute Gasteiger partial charge is 0.365 e. The molecule has 2 aromatic heterocycles. The summed E-state index contributed by atoms with van der Waals surface area (Å²) in [7, 11) is 0. The molecule has 6 heteroatoms. The van der Waals surface area contributed by atoms with E-state index < -0.39 is 0 Å². The predicted molar refractivity (Wildman–Crippen MR) is 60.0 cm³/mol. The van der Waals surface area contributed by atoms with Crippen LogP contribution in [0.1, 0.15) is 6.92 Å². The van der Waals surface area contributed by atoms with E-state index in [9.17, 15) is 4.79 Å². The molecular formula is C10H11N5O. The summed E-state index contributed by atoms with van der Waals surface area (Å²) in [6, 6.07) is 0. The number of carbonyl (C=O) groups excluding carboxylic acids is 1. The van der Waals surface area contributed by atoms with Gasteiger partial charge in [-0.2, -0.15) is 0 Å². The Morgan fingerprint density at radius 3 is 3.19 bits per heavy atom. The van der Waals surface area contributed by atoms with Crippen molar-refractivity contribution >= 4 is 22.8 Å². The van der Waals surface area contributed by atoms with Crippen molar-refractivity contribution < 1.29 is 4.79 Å². The molecule has 0 spiro atoms. The van der Waals surface area contributed by atoms with Crippen molar-refractivity contribution in [2.75, 3.05) is 11.9 Å². The number of nitrogens with one attached hydrogen (secondary N) is 2. The quantitative estimate of drug-likeness (QED) is 0.744. The molecule has 0 saturated heterocycles. The lowest BCUT2D eigenvalue weighted by Gasteiger charge is -2.01. The van der Waals surface area contributed by atoms with Gasteiger partial charge in [0.2, 0.25) is 0 Å². The minimum Gasteiger partial charge on any atom is -0.365 e. The van der Waals surface area contributed by atoms with Gasteiger partial charge in [0, 0.05) is 6.54 Å². The zero-order valence-corrected chi connectivity index (χ0v) is 8.77. The number of hydrogen-bond acceptors (Lipinski definition) is 5. The normalized spacial score (nSPS) is 11.1. The van der Waals surface area contributed by atoms with Crippen molar-refractivity contribution in [1.29, 1.82) is 0 Å². The van der Waals surface area contributed by atoms with Gasteiger partial charge in [-0.1, -0.05) is 6.08 Å². The lowest BCUT2D eigenvalue weighted by Crippen LogP contribution is -2.02. The molecule has 2 N–H and O–H groups in total. The molecule has 0 unspecified atom stereocenters. The number of allylic oxidation sites excluding steroid dienone is 1. The summed E-state index contributed by atoms with van der Waals surface area (Å²) in [4.78, 5) is 25.7.